The molecule has 0 aliphatic heterocycles. The van der Waals surface area contributed by atoms with Crippen LogP contribution in [0, 0.1) is 10.1 Å². The Bertz CT molecular complexity index is 1130. The van der Waals surface area contributed by atoms with Crippen LogP contribution in [0.25, 0.3) is 10.9 Å². The van der Waals surface area contributed by atoms with E-state index in [9.17, 15) is 19.7 Å². The van der Waals surface area contributed by atoms with Crippen LogP contribution in [0.3, 0.4) is 0 Å². The predicted octanol–water partition coefficient (Wildman–Crippen LogP) is 3.68. The summed E-state index contributed by atoms with van der Waals surface area (Å²) in [6, 6.07) is 11.1. The van der Waals surface area contributed by atoms with Crippen molar-refractivity contribution < 1.29 is 19.2 Å². The van der Waals surface area contributed by atoms with E-state index in [-0.39, 0.29) is 29.5 Å². The minimum atomic E-state index is -0.565. The Kier molecular flexibility index (Phi) is 6.54. The number of non-ortho nitro benzene ring substituents is 1. The number of nitro benzene ring substituents is 1. The number of nitro groups is 1. The molecule has 0 saturated heterocycles. The molecule has 0 saturated carbocycles. The molecular weight excluding hydrogens is 400 g/mol. The van der Waals surface area contributed by atoms with Crippen molar-refractivity contribution in [3.8, 4) is 5.75 Å². The number of methoxy groups -OCH3 is 1. The number of carbonyl (C=O) groups excluding carboxylic acids is 2. The van der Waals surface area contributed by atoms with Gasteiger partial charge in [0.2, 0.25) is 5.91 Å². The largest absolute Gasteiger partial charge is 0.496 e. The maximum absolute atomic E-state index is 12.7. The van der Waals surface area contributed by atoms with Gasteiger partial charge in [-0.2, -0.15) is 0 Å². The van der Waals surface area contributed by atoms with E-state index in [0.717, 1.165) is 10.9 Å². The zero-order valence-electron chi connectivity index (χ0n) is 17.6. The average Bonchev–Trinajstić information content (AvgIpc) is 3.15. The Morgan fingerprint density at radius 2 is 1.87 bits per heavy atom. The number of ether oxygens (including phenoxy) is 1. The molecule has 9 nitrogen and oxygen atoms in total. The number of carbonyl (C=O) groups is 2. The van der Waals surface area contributed by atoms with Crippen molar-refractivity contribution in [2.24, 2.45) is 0 Å². The first kappa shape index (κ1) is 21.8. The molecule has 1 heterocycles. The van der Waals surface area contributed by atoms with Gasteiger partial charge in [0.15, 0.2) is 0 Å². The van der Waals surface area contributed by atoms with Crippen molar-refractivity contribution in [1.82, 2.24) is 9.47 Å². The molecule has 0 atom stereocenters. The van der Waals surface area contributed by atoms with E-state index in [1.54, 1.807) is 17.0 Å². The molecule has 0 aliphatic rings. The van der Waals surface area contributed by atoms with Crippen LogP contribution in [0.4, 0.5) is 11.4 Å². The summed E-state index contributed by atoms with van der Waals surface area (Å²) in [6.07, 6.45) is 1.83. The molecule has 2 aromatic carbocycles. The van der Waals surface area contributed by atoms with Crippen molar-refractivity contribution in [2.75, 3.05) is 25.5 Å². The number of hydrogen-bond donors (Lipinski definition) is 1. The number of nitrogens with one attached hydrogen (secondary N) is 1. The molecule has 0 spiro atoms. The van der Waals surface area contributed by atoms with Gasteiger partial charge in [0.1, 0.15) is 12.3 Å². The number of fused-ring (bicyclic) bond motifs is 1. The maximum atomic E-state index is 12.7. The quantitative estimate of drug-likeness (QED) is 0.438. The molecule has 3 rings (SSSR count). The molecule has 1 N–H and O–H groups in total. The van der Waals surface area contributed by atoms with Gasteiger partial charge < -0.3 is 19.5 Å². The molecule has 0 unspecified atom stereocenters. The highest BCUT2D eigenvalue weighted by molar-refractivity contribution is 6.07. The summed E-state index contributed by atoms with van der Waals surface area (Å²) in [7, 11) is 1.40. The molecule has 0 bridgehead atoms. The number of hydrogen-bond acceptors (Lipinski definition) is 5. The van der Waals surface area contributed by atoms with E-state index in [1.807, 2.05) is 36.7 Å². The summed E-state index contributed by atoms with van der Waals surface area (Å²) in [6.45, 7) is 5.44. The maximum Gasteiger partial charge on any atom is 0.270 e. The zero-order valence-corrected chi connectivity index (χ0v) is 17.6. The number of likely N-dealkylation sites (N-methyl/N-ethyl adjacent to an activating group) is 1. The predicted molar refractivity (Wildman–Crippen MR) is 117 cm³/mol. The molecule has 162 valence electrons. The van der Waals surface area contributed by atoms with Crippen LogP contribution in [-0.4, -0.2) is 46.4 Å². The highest BCUT2D eigenvalue weighted by Crippen LogP contribution is 2.26. The lowest BCUT2D eigenvalue weighted by molar-refractivity contribution is -0.384. The van der Waals surface area contributed by atoms with E-state index < -0.39 is 10.8 Å². The second kappa shape index (κ2) is 9.29. The number of benzene rings is 2. The van der Waals surface area contributed by atoms with Gasteiger partial charge in [-0.1, -0.05) is 0 Å². The summed E-state index contributed by atoms with van der Waals surface area (Å²) < 4.78 is 7.03. The van der Waals surface area contributed by atoms with Crippen molar-refractivity contribution in [3.63, 3.8) is 0 Å². The van der Waals surface area contributed by atoms with Gasteiger partial charge in [-0.25, -0.2) is 0 Å². The van der Waals surface area contributed by atoms with Crippen molar-refractivity contribution >= 4 is 34.1 Å². The van der Waals surface area contributed by atoms with Crippen LogP contribution in [-0.2, 0) is 11.3 Å². The second-order valence-electron chi connectivity index (χ2n) is 6.88. The fourth-order valence-electron chi connectivity index (χ4n) is 3.42. The van der Waals surface area contributed by atoms with Crippen molar-refractivity contribution in [1.29, 1.82) is 0 Å². The summed E-state index contributed by atoms with van der Waals surface area (Å²) in [4.78, 5) is 37.4. The Morgan fingerprint density at radius 3 is 2.52 bits per heavy atom. The van der Waals surface area contributed by atoms with Gasteiger partial charge >= 0.3 is 0 Å². The number of aromatic nitrogens is 1. The van der Waals surface area contributed by atoms with Gasteiger partial charge in [-0.3, -0.25) is 19.7 Å². The van der Waals surface area contributed by atoms with Gasteiger partial charge in [0, 0.05) is 48.0 Å². The lowest BCUT2D eigenvalue weighted by Gasteiger charge is -2.19. The van der Waals surface area contributed by atoms with E-state index in [4.69, 9.17) is 4.74 Å². The number of anilines is 1. The van der Waals surface area contributed by atoms with Crippen LogP contribution >= 0.6 is 0 Å². The minimum Gasteiger partial charge on any atom is -0.496 e. The molecule has 1 aromatic heterocycles. The summed E-state index contributed by atoms with van der Waals surface area (Å²) in [5.41, 5.74) is 1.26. The van der Waals surface area contributed by atoms with Crippen LogP contribution in [0.1, 0.15) is 24.2 Å². The monoisotopic (exact) mass is 424 g/mol. The van der Waals surface area contributed by atoms with E-state index in [1.165, 1.54) is 25.3 Å². The number of amides is 2. The third-order valence-corrected chi connectivity index (χ3v) is 5.09. The third kappa shape index (κ3) is 4.66. The van der Waals surface area contributed by atoms with Crippen molar-refractivity contribution in [3.05, 3.63) is 64.3 Å². The smallest absolute Gasteiger partial charge is 0.270 e. The summed E-state index contributed by atoms with van der Waals surface area (Å²) in [5, 5.41) is 14.7. The van der Waals surface area contributed by atoms with Crippen LogP contribution in [0.2, 0.25) is 0 Å². The van der Waals surface area contributed by atoms with Crippen LogP contribution < -0.4 is 10.1 Å². The minimum absolute atomic E-state index is 0.0395. The molecule has 9 heteroatoms. The first-order valence-electron chi connectivity index (χ1n) is 9.88. The molecule has 0 fully saturated rings. The first-order valence-corrected chi connectivity index (χ1v) is 9.88. The molecule has 3 aromatic rings. The van der Waals surface area contributed by atoms with Crippen LogP contribution in [0.15, 0.2) is 48.7 Å². The van der Waals surface area contributed by atoms with Gasteiger partial charge in [-0.15, -0.1) is 0 Å². The Hall–Kier alpha value is -3.88. The molecule has 0 aliphatic carbocycles. The molecule has 0 radical (unpaired) electrons. The normalized spacial score (nSPS) is 10.7. The fraction of sp³-hybridized carbons (Fsp3) is 0.273. The first-order chi connectivity index (χ1) is 14.9. The number of nitrogens with zero attached hydrogens (tertiary/aromatic N) is 3. The molecular formula is C22H24N4O5. The molecule has 31 heavy (non-hydrogen) atoms. The van der Waals surface area contributed by atoms with E-state index >= 15 is 0 Å². The highest BCUT2D eigenvalue weighted by Gasteiger charge is 2.18. The Balaban J connectivity index is 1.82. The topological polar surface area (TPSA) is 107 Å². The third-order valence-electron chi connectivity index (χ3n) is 5.09. The van der Waals surface area contributed by atoms with Gasteiger partial charge in [0.25, 0.3) is 11.6 Å². The van der Waals surface area contributed by atoms with Gasteiger partial charge in [-0.05, 0) is 44.2 Å². The lowest BCUT2D eigenvalue weighted by atomic mass is 10.1. The van der Waals surface area contributed by atoms with Crippen LogP contribution in [0.5, 0.6) is 5.75 Å². The Labute approximate surface area is 179 Å². The fourth-order valence-corrected chi connectivity index (χ4v) is 3.42. The number of rotatable bonds is 8. The van der Waals surface area contributed by atoms with Crippen molar-refractivity contribution in [2.45, 2.75) is 20.4 Å². The second-order valence-corrected chi connectivity index (χ2v) is 6.88. The van der Waals surface area contributed by atoms with E-state index in [2.05, 4.69) is 5.32 Å². The highest BCUT2D eigenvalue weighted by atomic mass is 16.6. The zero-order chi connectivity index (χ0) is 22.5. The average molecular weight is 424 g/mol. The summed E-state index contributed by atoms with van der Waals surface area (Å²) >= 11 is 0. The SMILES string of the molecule is CCN(CC)C(=O)Cn1ccc2cc(NC(=O)c3cc([N+](=O)[O-])ccc3OC)ccc21. The Morgan fingerprint density at radius 1 is 1.13 bits per heavy atom. The summed E-state index contributed by atoms with van der Waals surface area (Å²) in [5.74, 6) is -0.237. The van der Waals surface area contributed by atoms with Gasteiger partial charge in [0.05, 0.1) is 17.6 Å². The standard InChI is InChI=1S/C22H24N4O5/c1-4-24(5-2)21(27)14-25-11-10-15-12-16(6-8-19(15)25)23-22(28)18-13-17(26(29)30)7-9-20(18)31-3/h6-13H,4-5,14H2,1-3H3,(H,23,28). The molecule has 2 amide bonds. The van der Waals surface area contributed by atoms with E-state index in [0.29, 0.717) is 18.8 Å². The lowest BCUT2D eigenvalue weighted by Crippen LogP contribution is -2.33.